The Morgan fingerprint density at radius 1 is 0.763 bits per heavy atom. The maximum Gasteiger partial charge on any atom is 0.409 e. The summed E-state index contributed by atoms with van der Waals surface area (Å²) in [5.41, 5.74) is 0.0874. The number of unbranched alkanes of at least 4 members (excludes halogenated alkanes) is 2. The molecule has 0 heterocycles. The Kier molecular flexibility index (Phi) is 9.64. The van der Waals surface area contributed by atoms with Gasteiger partial charge < -0.3 is 0 Å². The first kappa shape index (κ1) is 28.8. The molecule has 0 unspecified atom stereocenters. The molecular formula is C32H38F6. The highest BCUT2D eigenvalue weighted by atomic mass is 19.4. The van der Waals surface area contributed by atoms with Crippen LogP contribution >= 0.6 is 0 Å². The number of hydrogen-bond donors (Lipinski definition) is 0. The Morgan fingerprint density at radius 2 is 1.37 bits per heavy atom. The predicted octanol–water partition coefficient (Wildman–Crippen LogP) is 11.0. The second-order valence-electron chi connectivity index (χ2n) is 11.4. The van der Waals surface area contributed by atoms with Crippen LogP contribution in [0.1, 0.15) is 101 Å². The molecule has 4 rings (SSSR count). The molecule has 0 aromatic heterocycles. The van der Waals surface area contributed by atoms with Gasteiger partial charge in [-0.3, -0.25) is 0 Å². The topological polar surface area (TPSA) is 0 Å². The van der Waals surface area contributed by atoms with Gasteiger partial charge >= 0.3 is 6.18 Å². The number of halogens is 6. The third-order valence-electron chi connectivity index (χ3n) is 8.84. The maximum atomic E-state index is 15.1. The van der Waals surface area contributed by atoms with Crippen LogP contribution in [0.5, 0.6) is 0 Å². The zero-order valence-corrected chi connectivity index (χ0v) is 22.1. The van der Waals surface area contributed by atoms with Crippen LogP contribution in [0.3, 0.4) is 0 Å². The van der Waals surface area contributed by atoms with Crippen molar-refractivity contribution < 1.29 is 26.3 Å². The van der Waals surface area contributed by atoms with Crippen LogP contribution in [0.25, 0.3) is 17.2 Å². The lowest BCUT2D eigenvalue weighted by atomic mass is 9.68. The average molecular weight is 537 g/mol. The minimum atomic E-state index is -4.69. The van der Waals surface area contributed by atoms with Crippen molar-refractivity contribution in [2.24, 2.45) is 17.8 Å². The number of rotatable bonds is 8. The molecule has 0 bridgehead atoms. The fourth-order valence-corrected chi connectivity index (χ4v) is 6.65. The maximum absolute atomic E-state index is 15.1. The molecule has 2 aromatic carbocycles. The first-order valence-corrected chi connectivity index (χ1v) is 14.2. The van der Waals surface area contributed by atoms with Crippen molar-refractivity contribution in [3.63, 3.8) is 0 Å². The van der Waals surface area contributed by atoms with Gasteiger partial charge in [0.2, 0.25) is 0 Å². The SMILES string of the molecule is CCCCCC1CCC(C2CCC(c3ccc(-c4cc(F)c(C=CC(F)(F)F)c(F)c4)c(F)c3)CC2)CC1. The van der Waals surface area contributed by atoms with Crippen LogP contribution < -0.4 is 0 Å². The van der Waals surface area contributed by atoms with Gasteiger partial charge in [0.25, 0.3) is 0 Å². The zero-order chi connectivity index (χ0) is 27.3. The minimum absolute atomic E-state index is 0.0299. The summed E-state index contributed by atoms with van der Waals surface area (Å²) in [6.45, 7) is 2.25. The Hall–Kier alpha value is -2.24. The molecule has 208 valence electrons. The molecule has 0 radical (unpaired) electrons. The smallest absolute Gasteiger partial charge is 0.206 e. The Labute approximate surface area is 222 Å². The molecule has 38 heavy (non-hydrogen) atoms. The van der Waals surface area contributed by atoms with Gasteiger partial charge in [-0.1, -0.05) is 57.6 Å². The van der Waals surface area contributed by atoms with Gasteiger partial charge in [-0.15, -0.1) is 0 Å². The number of allylic oxidation sites excluding steroid dienone is 1. The molecule has 0 atom stereocenters. The Bertz CT molecular complexity index is 1060. The molecule has 0 saturated heterocycles. The summed E-state index contributed by atoms with van der Waals surface area (Å²) in [4.78, 5) is 0. The fraction of sp³-hybridized carbons (Fsp3) is 0.562. The van der Waals surface area contributed by atoms with E-state index in [2.05, 4.69) is 6.92 Å². The van der Waals surface area contributed by atoms with Crippen molar-refractivity contribution in [3.05, 3.63) is 65.0 Å². The van der Waals surface area contributed by atoms with Crippen molar-refractivity contribution >= 4 is 6.08 Å². The van der Waals surface area contributed by atoms with Gasteiger partial charge in [0, 0.05) is 17.2 Å². The van der Waals surface area contributed by atoms with Crippen LogP contribution in [-0.2, 0) is 0 Å². The Morgan fingerprint density at radius 3 is 1.92 bits per heavy atom. The Balaban J connectivity index is 1.35. The van der Waals surface area contributed by atoms with Crippen LogP contribution in [-0.4, -0.2) is 6.18 Å². The molecule has 2 aliphatic rings. The van der Waals surface area contributed by atoms with E-state index in [1.165, 1.54) is 63.5 Å². The summed E-state index contributed by atoms with van der Waals surface area (Å²) in [6, 6.07) is 6.55. The highest BCUT2D eigenvalue weighted by Gasteiger charge is 2.31. The zero-order valence-electron chi connectivity index (χ0n) is 22.1. The molecule has 0 N–H and O–H groups in total. The van der Waals surface area contributed by atoms with Gasteiger partial charge in [0.1, 0.15) is 17.5 Å². The van der Waals surface area contributed by atoms with Gasteiger partial charge in [-0.25, -0.2) is 13.2 Å². The van der Waals surface area contributed by atoms with Crippen LogP contribution in [0.4, 0.5) is 26.3 Å². The van der Waals surface area contributed by atoms with E-state index in [0.29, 0.717) is 6.08 Å². The molecule has 2 aromatic rings. The first-order chi connectivity index (χ1) is 18.1. The van der Waals surface area contributed by atoms with E-state index in [-0.39, 0.29) is 23.1 Å². The quantitative estimate of drug-likeness (QED) is 0.232. The molecule has 2 saturated carbocycles. The summed E-state index contributed by atoms with van der Waals surface area (Å²) in [6.07, 6.45) is 10.6. The predicted molar refractivity (Wildman–Crippen MR) is 141 cm³/mol. The third kappa shape index (κ3) is 7.45. The van der Waals surface area contributed by atoms with Crippen molar-refractivity contribution in [2.45, 2.75) is 96.1 Å². The van der Waals surface area contributed by atoms with E-state index < -0.39 is 29.2 Å². The lowest BCUT2D eigenvalue weighted by Gasteiger charge is -2.38. The molecule has 0 amide bonds. The van der Waals surface area contributed by atoms with Crippen molar-refractivity contribution in [3.8, 4) is 11.1 Å². The second-order valence-corrected chi connectivity index (χ2v) is 11.4. The monoisotopic (exact) mass is 536 g/mol. The number of benzene rings is 2. The summed E-state index contributed by atoms with van der Waals surface area (Å²) in [5.74, 6) is -0.175. The molecule has 0 aliphatic heterocycles. The molecule has 6 heteroatoms. The van der Waals surface area contributed by atoms with Gasteiger partial charge in [0.05, 0.1) is 0 Å². The highest BCUT2D eigenvalue weighted by Crippen LogP contribution is 2.45. The van der Waals surface area contributed by atoms with Gasteiger partial charge in [-0.2, -0.15) is 13.2 Å². The molecule has 0 nitrogen and oxygen atoms in total. The second kappa shape index (κ2) is 12.7. The lowest BCUT2D eigenvalue weighted by Crippen LogP contribution is -2.25. The van der Waals surface area contributed by atoms with E-state index >= 15 is 4.39 Å². The summed E-state index contributed by atoms with van der Waals surface area (Å²) in [7, 11) is 0. The molecule has 2 aliphatic carbocycles. The van der Waals surface area contributed by atoms with E-state index in [4.69, 9.17) is 0 Å². The van der Waals surface area contributed by atoms with Crippen LogP contribution in [0.2, 0.25) is 0 Å². The minimum Gasteiger partial charge on any atom is -0.206 e. The van der Waals surface area contributed by atoms with Crippen molar-refractivity contribution in [1.82, 2.24) is 0 Å². The third-order valence-corrected chi connectivity index (χ3v) is 8.84. The number of alkyl halides is 3. The van der Waals surface area contributed by atoms with E-state index in [0.717, 1.165) is 61.1 Å². The lowest BCUT2D eigenvalue weighted by molar-refractivity contribution is -0.0790. The van der Waals surface area contributed by atoms with Crippen molar-refractivity contribution in [2.75, 3.05) is 0 Å². The summed E-state index contributed by atoms with van der Waals surface area (Å²) in [5, 5.41) is 0. The summed E-state index contributed by atoms with van der Waals surface area (Å²) < 4.78 is 81.0. The van der Waals surface area contributed by atoms with Crippen molar-refractivity contribution in [1.29, 1.82) is 0 Å². The fourth-order valence-electron chi connectivity index (χ4n) is 6.65. The van der Waals surface area contributed by atoms with Crippen LogP contribution in [0.15, 0.2) is 36.4 Å². The van der Waals surface area contributed by atoms with Crippen LogP contribution in [0, 0.1) is 35.2 Å². The first-order valence-electron chi connectivity index (χ1n) is 14.2. The van der Waals surface area contributed by atoms with E-state index in [9.17, 15) is 22.0 Å². The highest BCUT2D eigenvalue weighted by molar-refractivity contribution is 5.67. The average Bonchev–Trinajstić information content (AvgIpc) is 2.88. The largest absolute Gasteiger partial charge is 0.409 e. The van der Waals surface area contributed by atoms with E-state index in [1.54, 1.807) is 0 Å². The van der Waals surface area contributed by atoms with Gasteiger partial charge in [0.15, 0.2) is 0 Å². The summed E-state index contributed by atoms with van der Waals surface area (Å²) >= 11 is 0. The normalized spacial score (nSPS) is 24.7. The molecular weight excluding hydrogens is 498 g/mol. The molecule has 2 fully saturated rings. The standard InChI is InChI=1S/C32H38F6/c1-2-3-4-5-21-6-8-22(9-7-21)23-10-12-24(13-11-23)25-14-15-27(29(33)18-25)26-19-30(34)28(31(35)20-26)16-17-32(36,37)38/h14-24H,2-13H2,1H3. The molecule has 0 spiro atoms. The van der Waals surface area contributed by atoms with E-state index in [1.807, 2.05) is 6.07 Å². The number of hydrogen-bond acceptors (Lipinski definition) is 0. The van der Waals surface area contributed by atoms with Gasteiger partial charge in [-0.05, 0) is 97.6 Å².